The first-order valence-electron chi connectivity index (χ1n) is 8.76. The van der Waals surface area contributed by atoms with Gasteiger partial charge in [-0.25, -0.2) is 4.39 Å². The number of halogens is 2. The first-order valence-corrected chi connectivity index (χ1v) is 9.14. The Labute approximate surface area is 167 Å². The molecule has 0 aromatic heterocycles. The molecule has 1 amide bonds. The Hall–Kier alpha value is -3.05. The molecule has 3 aromatic carbocycles. The molecule has 4 nitrogen and oxygen atoms in total. The number of ether oxygens (including phenoxy) is 2. The smallest absolute Gasteiger partial charge is 0.255 e. The molecule has 0 spiro atoms. The SMILES string of the molecule is CCOc1ccc(C(=O)Nc2cccc(F)c2)cc1COc1ccc(Cl)cc1. The van der Waals surface area contributed by atoms with Crippen molar-refractivity contribution in [3.05, 3.63) is 88.7 Å². The van der Waals surface area contributed by atoms with Crippen LogP contribution in [-0.2, 0) is 6.61 Å². The first-order chi connectivity index (χ1) is 13.5. The molecule has 0 heterocycles. The lowest BCUT2D eigenvalue weighted by molar-refractivity contribution is 0.102. The van der Waals surface area contributed by atoms with Gasteiger partial charge in [0.2, 0.25) is 0 Å². The van der Waals surface area contributed by atoms with Crippen molar-refractivity contribution in [3.8, 4) is 11.5 Å². The minimum Gasteiger partial charge on any atom is -0.493 e. The summed E-state index contributed by atoms with van der Waals surface area (Å²) in [4.78, 5) is 12.5. The van der Waals surface area contributed by atoms with Crippen molar-refractivity contribution in [1.82, 2.24) is 0 Å². The Morgan fingerprint density at radius 1 is 1.04 bits per heavy atom. The number of hydrogen-bond donors (Lipinski definition) is 1. The van der Waals surface area contributed by atoms with E-state index >= 15 is 0 Å². The fourth-order valence-corrected chi connectivity index (χ4v) is 2.72. The van der Waals surface area contributed by atoms with E-state index in [9.17, 15) is 9.18 Å². The number of benzene rings is 3. The van der Waals surface area contributed by atoms with Crippen LogP contribution in [0.3, 0.4) is 0 Å². The molecule has 0 saturated carbocycles. The summed E-state index contributed by atoms with van der Waals surface area (Å²) in [5.74, 6) is 0.531. The van der Waals surface area contributed by atoms with Crippen LogP contribution in [0.2, 0.25) is 5.02 Å². The molecule has 1 N–H and O–H groups in total. The quantitative estimate of drug-likeness (QED) is 0.553. The molecule has 0 radical (unpaired) electrons. The van der Waals surface area contributed by atoms with Crippen LogP contribution < -0.4 is 14.8 Å². The highest BCUT2D eigenvalue weighted by Crippen LogP contribution is 2.24. The van der Waals surface area contributed by atoms with Gasteiger partial charge in [-0.2, -0.15) is 0 Å². The van der Waals surface area contributed by atoms with Crippen molar-refractivity contribution in [2.75, 3.05) is 11.9 Å². The molecule has 0 atom stereocenters. The van der Waals surface area contributed by atoms with Crippen molar-refractivity contribution in [2.45, 2.75) is 13.5 Å². The molecule has 0 fully saturated rings. The summed E-state index contributed by atoms with van der Waals surface area (Å²) < 4.78 is 24.7. The van der Waals surface area contributed by atoms with Crippen LogP contribution >= 0.6 is 11.6 Å². The van der Waals surface area contributed by atoms with E-state index in [0.717, 1.165) is 5.56 Å². The molecule has 0 unspecified atom stereocenters. The van der Waals surface area contributed by atoms with Gasteiger partial charge in [-0.3, -0.25) is 4.79 Å². The van der Waals surface area contributed by atoms with Crippen LogP contribution in [0.25, 0.3) is 0 Å². The van der Waals surface area contributed by atoms with Crippen LogP contribution in [0.5, 0.6) is 11.5 Å². The van der Waals surface area contributed by atoms with Crippen LogP contribution in [-0.4, -0.2) is 12.5 Å². The highest BCUT2D eigenvalue weighted by atomic mass is 35.5. The number of nitrogens with one attached hydrogen (secondary N) is 1. The molecule has 0 saturated heterocycles. The normalized spacial score (nSPS) is 10.4. The molecule has 6 heteroatoms. The van der Waals surface area contributed by atoms with Gasteiger partial charge >= 0.3 is 0 Å². The number of hydrogen-bond acceptors (Lipinski definition) is 3. The average molecular weight is 400 g/mol. The second kappa shape index (κ2) is 9.24. The van der Waals surface area contributed by atoms with E-state index in [1.165, 1.54) is 18.2 Å². The number of amides is 1. The van der Waals surface area contributed by atoms with Gasteiger partial charge in [-0.1, -0.05) is 17.7 Å². The van der Waals surface area contributed by atoms with Crippen molar-refractivity contribution in [1.29, 1.82) is 0 Å². The molecule has 0 aliphatic heterocycles. The van der Waals surface area contributed by atoms with E-state index in [0.29, 0.717) is 34.4 Å². The van der Waals surface area contributed by atoms with E-state index in [2.05, 4.69) is 5.32 Å². The van der Waals surface area contributed by atoms with Gasteiger partial charge in [0.1, 0.15) is 23.9 Å². The highest BCUT2D eigenvalue weighted by Gasteiger charge is 2.12. The van der Waals surface area contributed by atoms with Crippen molar-refractivity contribution in [2.24, 2.45) is 0 Å². The van der Waals surface area contributed by atoms with E-state index in [1.807, 2.05) is 6.92 Å². The van der Waals surface area contributed by atoms with Gasteiger partial charge in [0.25, 0.3) is 5.91 Å². The van der Waals surface area contributed by atoms with Gasteiger partial charge in [0.05, 0.1) is 6.61 Å². The Kier molecular flexibility index (Phi) is 6.50. The molecular weight excluding hydrogens is 381 g/mol. The standard InChI is InChI=1S/C22H19ClFNO3/c1-2-27-21-11-6-15(22(26)25-19-5-3-4-18(24)13-19)12-16(21)14-28-20-9-7-17(23)8-10-20/h3-13H,2,14H2,1H3,(H,25,26). The molecule has 3 rings (SSSR count). The molecule has 0 aliphatic carbocycles. The van der Waals surface area contributed by atoms with E-state index in [1.54, 1.807) is 48.5 Å². The van der Waals surface area contributed by atoms with E-state index in [-0.39, 0.29) is 12.5 Å². The van der Waals surface area contributed by atoms with E-state index < -0.39 is 5.82 Å². The van der Waals surface area contributed by atoms with Crippen LogP contribution in [0, 0.1) is 5.82 Å². The zero-order chi connectivity index (χ0) is 19.9. The summed E-state index contributed by atoms with van der Waals surface area (Å²) in [7, 11) is 0. The Balaban J connectivity index is 1.77. The van der Waals surface area contributed by atoms with Crippen molar-refractivity contribution >= 4 is 23.2 Å². The molecular formula is C22H19ClFNO3. The topological polar surface area (TPSA) is 47.6 Å². The fraction of sp³-hybridized carbons (Fsp3) is 0.136. The predicted octanol–water partition coefficient (Wildman–Crippen LogP) is 5.71. The molecule has 3 aromatic rings. The third-order valence-corrected chi connectivity index (χ3v) is 4.16. The lowest BCUT2D eigenvalue weighted by Crippen LogP contribution is -2.13. The summed E-state index contributed by atoms with van der Waals surface area (Å²) in [6, 6.07) is 17.8. The van der Waals surface area contributed by atoms with Crippen molar-refractivity contribution in [3.63, 3.8) is 0 Å². The lowest BCUT2D eigenvalue weighted by atomic mass is 10.1. The monoisotopic (exact) mass is 399 g/mol. The third kappa shape index (κ3) is 5.24. The summed E-state index contributed by atoms with van der Waals surface area (Å²) >= 11 is 5.88. The Morgan fingerprint density at radius 3 is 2.54 bits per heavy atom. The van der Waals surface area contributed by atoms with Gasteiger partial charge in [0, 0.05) is 21.8 Å². The lowest BCUT2D eigenvalue weighted by Gasteiger charge is -2.13. The van der Waals surface area contributed by atoms with Gasteiger partial charge < -0.3 is 14.8 Å². The van der Waals surface area contributed by atoms with Crippen LogP contribution in [0.4, 0.5) is 10.1 Å². The first kappa shape index (κ1) is 19.7. The maximum absolute atomic E-state index is 13.3. The minimum atomic E-state index is -0.415. The zero-order valence-electron chi connectivity index (χ0n) is 15.2. The average Bonchev–Trinajstić information content (AvgIpc) is 2.68. The van der Waals surface area contributed by atoms with E-state index in [4.69, 9.17) is 21.1 Å². The number of carbonyl (C=O) groups excluding carboxylic acids is 1. The molecule has 0 bridgehead atoms. The van der Waals surface area contributed by atoms with Crippen molar-refractivity contribution < 1.29 is 18.7 Å². The third-order valence-electron chi connectivity index (χ3n) is 3.91. The second-order valence-electron chi connectivity index (χ2n) is 5.96. The molecule has 0 aliphatic rings. The Bertz CT molecular complexity index is 960. The number of carbonyl (C=O) groups is 1. The number of anilines is 1. The van der Waals surface area contributed by atoms with Gasteiger partial charge in [-0.05, 0) is 67.6 Å². The largest absolute Gasteiger partial charge is 0.493 e. The summed E-state index contributed by atoms with van der Waals surface area (Å²) in [5.41, 5.74) is 1.53. The molecule has 144 valence electrons. The highest BCUT2D eigenvalue weighted by molar-refractivity contribution is 6.30. The van der Waals surface area contributed by atoms with Gasteiger partial charge in [0.15, 0.2) is 0 Å². The predicted molar refractivity (Wildman–Crippen MR) is 108 cm³/mol. The summed E-state index contributed by atoms with van der Waals surface area (Å²) in [6.45, 7) is 2.59. The van der Waals surface area contributed by atoms with Crippen LogP contribution in [0.15, 0.2) is 66.7 Å². The minimum absolute atomic E-state index is 0.220. The Morgan fingerprint density at radius 2 is 1.82 bits per heavy atom. The maximum Gasteiger partial charge on any atom is 0.255 e. The number of rotatable bonds is 7. The van der Waals surface area contributed by atoms with Crippen LogP contribution in [0.1, 0.15) is 22.8 Å². The summed E-state index contributed by atoms with van der Waals surface area (Å²) in [5, 5.41) is 3.31. The maximum atomic E-state index is 13.3. The molecule has 28 heavy (non-hydrogen) atoms. The fourth-order valence-electron chi connectivity index (χ4n) is 2.59. The van der Waals surface area contributed by atoms with Gasteiger partial charge in [-0.15, -0.1) is 0 Å². The zero-order valence-corrected chi connectivity index (χ0v) is 16.0. The second-order valence-corrected chi connectivity index (χ2v) is 6.40. The summed E-state index contributed by atoms with van der Waals surface area (Å²) in [6.07, 6.45) is 0.